The molecule has 132 valence electrons. The van der Waals surface area contributed by atoms with E-state index in [0.717, 1.165) is 0 Å². The summed E-state index contributed by atoms with van der Waals surface area (Å²) in [5.74, 6) is 0.358. The number of methoxy groups -OCH3 is 1. The van der Waals surface area contributed by atoms with Crippen LogP contribution in [0.5, 0.6) is 0 Å². The Labute approximate surface area is 150 Å². The number of aromatic nitrogens is 3. The average Bonchev–Trinajstić information content (AvgIpc) is 3.11. The monoisotopic (exact) mass is 363 g/mol. The third kappa shape index (κ3) is 3.60. The zero-order valence-electron chi connectivity index (χ0n) is 14.0. The van der Waals surface area contributed by atoms with Crippen LogP contribution in [-0.2, 0) is 9.53 Å². The number of hydrogen-bond acceptors (Lipinski definition) is 6. The number of piperidine rings is 1. The van der Waals surface area contributed by atoms with E-state index in [0.29, 0.717) is 43.1 Å². The Hall–Kier alpha value is -2.55. The summed E-state index contributed by atoms with van der Waals surface area (Å²) in [6.45, 7) is 1.09. The quantitative estimate of drug-likeness (QED) is 0.772. The zero-order valence-corrected chi connectivity index (χ0v) is 14.8. The molecular weight excluding hydrogens is 345 g/mol. The van der Waals surface area contributed by atoms with Crippen molar-refractivity contribution in [1.82, 2.24) is 15.0 Å². The highest BCUT2D eigenvalue weighted by atomic mass is 32.1. The Morgan fingerprint density at radius 1 is 1.36 bits per heavy atom. The van der Waals surface area contributed by atoms with Crippen LogP contribution in [0.1, 0.15) is 12.8 Å². The summed E-state index contributed by atoms with van der Waals surface area (Å²) in [5, 5.41) is 8.27. The molecule has 2 heterocycles. The predicted molar refractivity (Wildman–Crippen MR) is 95.8 cm³/mol. The van der Waals surface area contributed by atoms with Gasteiger partial charge in [0, 0.05) is 39.0 Å². The van der Waals surface area contributed by atoms with Crippen LogP contribution in [0.3, 0.4) is 0 Å². The van der Waals surface area contributed by atoms with Crippen LogP contribution in [0.4, 0.5) is 15.9 Å². The minimum Gasteiger partial charge on any atom is -0.474 e. The molecule has 0 spiro atoms. The van der Waals surface area contributed by atoms with E-state index in [4.69, 9.17) is 17.0 Å². The lowest BCUT2D eigenvalue weighted by Gasteiger charge is -2.28. The maximum atomic E-state index is 14.5. The largest absolute Gasteiger partial charge is 0.474 e. The highest BCUT2D eigenvalue weighted by molar-refractivity contribution is 7.80. The number of benzene rings is 1. The maximum Gasteiger partial charge on any atom is 0.264 e. The van der Waals surface area contributed by atoms with Crippen LogP contribution >= 0.6 is 12.2 Å². The van der Waals surface area contributed by atoms with E-state index in [-0.39, 0.29) is 16.8 Å². The van der Waals surface area contributed by atoms with E-state index in [1.54, 1.807) is 30.3 Å². The van der Waals surface area contributed by atoms with Gasteiger partial charge in [0.25, 0.3) is 5.17 Å². The van der Waals surface area contributed by atoms with Gasteiger partial charge in [-0.25, -0.2) is 9.07 Å². The topological polar surface area (TPSA) is 63.5 Å². The van der Waals surface area contributed by atoms with Crippen molar-refractivity contribution in [3.8, 4) is 5.69 Å². The summed E-state index contributed by atoms with van der Waals surface area (Å²) in [6, 6.07) is 4.87. The molecular formula is C16H18FN5O2S. The second-order valence-electron chi connectivity index (χ2n) is 5.71. The maximum absolute atomic E-state index is 14.5. The van der Waals surface area contributed by atoms with Crippen molar-refractivity contribution in [2.45, 2.75) is 12.8 Å². The molecule has 0 radical (unpaired) electrons. The molecule has 1 saturated heterocycles. The Morgan fingerprint density at radius 3 is 2.72 bits per heavy atom. The molecule has 0 unspecified atom stereocenters. The van der Waals surface area contributed by atoms with Crippen molar-refractivity contribution in [2.24, 2.45) is 0 Å². The number of carbonyl (C=O) groups excluding carboxylic acids is 1. The minimum absolute atomic E-state index is 0.224. The van der Waals surface area contributed by atoms with Gasteiger partial charge in [0.05, 0.1) is 24.7 Å². The van der Waals surface area contributed by atoms with Gasteiger partial charge in [-0.2, -0.15) is 0 Å². The average molecular weight is 363 g/mol. The van der Waals surface area contributed by atoms with Gasteiger partial charge in [-0.3, -0.25) is 9.69 Å². The van der Waals surface area contributed by atoms with Crippen molar-refractivity contribution in [3.05, 3.63) is 30.2 Å². The molecule has 0 atom stereocenters. The lowest BCUT2D eigenvalue weighted by atomic mass is 10.1. The van der Waals surface area contributed by atoms with E-state index < -0.39 is 0 Å². The number of hydrogen-bond donors (Lipinski definition) is 0. The van der Waals surface area contributed by atoms with Crippen LogP contribution in [0.2, 0.25) is 0 Å². The number of thiocarbonyl (C=S) groups is 1. The van der Waals surface area contributed by atoms with Gasteiger partial charge in [0.15, 0.2) is 5.82 Å². The van der Waals surface area contributed by atoms with Gasteiger partial charge in [-0.05, 0) is 24.4 Å². The molecule has 9 heteroatoms. The van der Waals surface area contributed by atoms with Gasteiger partial charge >= 0.3 is 0 Å². The normalized spacial score (nSPS) is 14.5. The Bertz CT molecular complexity index is 800. The van der Waals surface area contributed by atoms with E-state index in [1.807, 2.05) is 4.90 Å². The number of nitrogens with zero attached hydrogens (tertiary/aromatic N) is 5. The van der Waals surface area contributed by atoms with Gasteiger partial charge in [0.2, 0.25) is 0 Å². The van der Waals surface area contributed by atoms with Crippen molar-refractivity contribution in [1.29, 1.82) is 0 Å². The third-order valence-electron chi connectivity index (χ3n) is 4.13. The molecule has 0 saturated carbocycles. The Balaban J connectivity index is 1.80. The number of ketones is 1. The SMILES string of the molecule is COC(=S)N(C)c1cn(-c2ccc(N3CCC(=O)CC3)c(F)c2)nn1. The minimum atomic E-state index is -0.357. The van der Waals surface area contributed by atoms with E-state index >= 15 is 0 Å². The summed E-state index contributed by atoms with van der Waals surface area (Å²) in [6.07, 6.45) is 2.55. The summed E-state index contributed by atoms with van der Waals surface area (Å²) < 4.78 is 21.0. The van der Waals surface area contributed by atoms with Crippen LogP contribution in [0, 0.1) is 5.82 Å². The number of rotatable bonds is 3. The molecule has 0 bridgehead atoms. The summed E-state index contributed by atoms with van der Waals surface area (Å²) in [5.41, 5.74) is 1.04. The first kappa shape index (κ1) is 17.3. The first-order valence-electron chi connectivity index (χ1n) is 7.80. The molecule has 1 aliphatic rings. The first-order valence-corrected chi connectivity index (χ1v) is 8.21. The lowest BCUT2D eigenvalue weighted by molar-refractivity contribution is -0.119. The molecule has 0 amide bonds. The van der Waals surface area contributed by atoms with Gasteiger partial charge < -0.3 is 9.64 Å². The zero-order chi connectivity index (χ0) is 18.0. The Morgan fingerprint density at radius 2 is 2.08 bits per heavy atom. The molecule has 2 aromatic rings. The molecule has 1 aliphatic heterocycles. The summed E-state index contributed by atoms with van der Waals surface area (Å²) >= 11 is 5.04. The fourth-order valence-corrected chi connectivity index (χ4v) is 2.75. The van der Waals surface area contributed by atoms with E-state index in [9.17, 15) is 9.18 Å². The highest BCUT2D eigenvalue weighted by Crippen LogP contribution is 2.25. The molecule has 1 fully saturated rings. The molecule has 1 aromatic heterocycles. The fourth-order valence-electron chi connectivity index (χ4n) is 2.66. The molecule has 1 aromatic carbocycles. The lowest BCUT2D eigenvalue weighted by Crippen LogP contribution is -2.34. The molecule has 0 aliphatic carbocycles. The molecule has 0 N–H and O–H groups in total. The predicted octanol–water partition coefficient (Wildman–Crippen LogP) is 1.94. The number of ether oxygens (including phenoxy) is 1. The second kappa shape index (κ2) is 7.14. The standard InChI is InChI=1S/C16H18FN5O2S/c1-20(16(25)24-2)15-10-22(19-18-15)11-3-4-14(13(17)9-11)21-7-5-12(23)6-8-21/h3-4,9-10H,5-8H2,1-2H3. The fraction of sp³-hybridized carbons (Fsp3) is 0.375. The van der Waals surface area contributed by atoms with Gasteiger partial charge in [-0.1, -0.05) is 5.21 Å². The highest BCUT2D eigenvalue weighted by Gasteiger charge is 2.20. The van der Waals surface area contributed by atoms with Gasteiger partial charge in [-0.15, -0.1) is 5.10 Å². The number of carbonyl (C=O) groups is 1. The molecule has 7 nitrogen and oxygen atoms in total. The summed E-state index contributed by atoms with van der Waals surface area (Å²) in [4.78, 5) is 14.8. The number of anilines is 2. The van der Waals surface area contributed by atoms with E-state index in [2.05, 4.69) is 10.3 Å². The van der Waals surface area contributed by atoms with Crippen molar-refractivity contribution >= 4 is 34.7 Å². The van der Waals surface area contributed by atoms with Crippen molar-refractivity contribution in [2.75, 3.05) is 37.0 Å². The smallest absolute Gasteiger partial charge is 0.264 e. The molecule has 3 rings (SSSR count). The second-order valence-corrected chi connectivity index (χ2v) is 6.06. The molecule has 25 heavy (non-hydrogen) atoms. The van der Waals surface area contributed by atoms with Gasteiger partial charge in [0.1, 0.15) is 11.6 Å². The third-order valence-corrected chi connectivity index (χ3v) is 4.57. The van der Waals surface area contributed by atoms with E-state index in [1.165, 1.54) is 17.9 Å². The van der Waals surface area contributed by atoms with Crippen LogP contribution in [0.15, 0.2) is 24.4 Å². The van der Waals surface area contributed by atoms with Crippen molar-refractivity contribution in [3.63, 3.8) is 0 Å². The number of Topliss-reactive ketones (excluding diaryl/α,β-unsaturated/α-hetero) is 1. The summed E-state index contributed by atoms with van der Waals surface area (Å²) in [7, 11) is 3.19. The Kier molecular flexibility index (Phi) is 4.93. The first-order chi connectivity index (χ1) is 12.0. The van der Waals surface area contributed by atoms with Crippen LogP contribution in [0.25, 0.3) is 5.69 Å². The number of halogens is 1. The van der Waals surface area contributed by atoms with Crippen LogP contribution in [-0.4, -0.2) is 53.2 Å². The van der Waals surface area contributed by atoms with Crippen LogP contribution < -0.4 is 9.80 Å². The van der Waals surface area contributed by atoms with Crippen molar-refractivity contribution < 1.29 is 13.9 Å².